The molecule has 1 heterocycles. The fraction of sp³-hybridized carbons (Fsp3) is 0.875. The van der Waals surface area contributed by atoms with Crippen LogP contribution in [0.5, 0.6) is 0 Å². The number of carbonyl (C=O) groups excluding carboxylic acids is 1. The molecule has 2 N–H and O–H groups in total. The van der Waals surface area contributed by atoms with Crippen LogP contribution in [-0.2, 0) is 4.79 Å². The Balaban J connectivity index is 1.42. The number of nitriles is 1. The van der Waals surface area contributed by atoms with Crippen molar-refractivity contribution >= 4 is 5.91 Å². The summed E-state index contributed by atoms with van der Waals surface area (Å²) in [5.74, 6) is 1.20. The van der Waals surface area contributed by atoms with Gasteiger partial charge in [0.1, 0.15) is 6.04 Å². The van der Waals surface area contributed by atoms with Gasteiger partial charge < -0.3 is 15.3 Å². The van der Waals surface area contributed by atoms with Crippen LogP contribution >= 0.6 is 0 Å². The van der Waals surface area contributed by atoms with Gasteiger partial charge in [-0.25, -0.2) is 0 Å². The zero-order chi connectivity index (χ0) is 14.7. The van der Waals surface area contributed by atoms with E-state index < -0.39 is 5.60 Å². The molecule has 0 aromatic rings. The summed E-state index contributed by atoms with van der Waals surface area (Å²) in [6.45, 7) is 1.03. The minimum absolute atomic E-state index is 0.0187. The van der Waals surface area contributed by atoms with E-state index >= 15 is 0 Å². The third-order valence-electron chi connectivity index (χ3n) is 6.31. The lowest BCUT2D eigenvalue weighted by Gasteiger charge is -2.38. The Bertz CT molecular complexity index is 516. The SMILES string of the molecule is N#C[C@@H]1CCCN1C(=O)CNC12CC3CC1CC(O)(C3)C2. The molecule has 21 heavy (non-hydrogen) atoms. The van der Waals surface area contributed by atoms with Gasteiger partial charge in [-0.2, -0.15) is 5.26 Å². The molecule has 1 saturated heterocycles. The predicted molar refractivity (Wildman–Crippen MR) is 76.1 cm³/mol. The quantitative estimate of drug-likeness (QED) is 0.805. The lowest BCUT2D eigenvalue weighted by Crippen LogP contribution is -2.52. The summed E-state index contributed by atoms with van der Waals surface area (Å²) in [6.07, 6.45) is 6.69. The van der Waals surface area contributed by atoms with Crippen LogP contribution in [0.2, 0.25) is 0 Å². The van der Waals surface area contributed by atoms with E-state index in [0.29, 0.717) is 24.9 Å². The molecule has 0 aromatic carbocycles. The molecule has 114 valence electrons. The van der Waals surface area contributed by atoms with E-state index in [9.17, 15) is 9.90 Å². The van der Waals surface area contributed by atoms with Gasteiger partial charge in [0.25, 0.3) is 0 Å². The van der Waals surface area contributed by atoms with Gasteiger partial charge in [0.2, 0.25) is 5.91 Å². The van der Waals surface area contributed by atoms with Crippen LogP contribution < -0.4 is 5.32 Å². The van der Waals surface area contributed by atoms with E-state index in [4.69, 9.17) is 5.26 Å². The topological polar surface area (TPSA) is 76.4 Å². The van der Waals surface area contributed by atoms with Crippen LogP contribution in [0.25, 0.3) is 0 Å². The molecule has 4 saturated carbocycles. The van der Waals surface area contributed by atoms with E-state index in [1.807, 2.05) is 0 Å². The first kappa shape index (κ1) is 13.5. The fourth-order valence-electron chi connectivity index (χ4n) is 5.69. The number of amides is 1. The standard InChI is InChI=1S/C16H23N3O2/c17-8-13-2-1-3-19(13)14(20)9-18-16-6-11-4-12(16)7-15(21,5-11)10-16/h11-13,18,21H,1-7,9-10H2/t11?,12?,13-,15?,16?/m0/s1. The summed E-state index contributed by atoms with van der Waals surface area (Å²) >= 11 is 0. The maximum absolute atomic E-state index is 12.4. The van der Waals surface area contributed by atoms with Gasteiger partial charge in [-0.05, 0) is 56.8 Å². The van der Waals surface area contributed by atoms with Crippen LogP contribution in [-0.4, -0.2) is 46.2 Å². The molecule has 5 fully saturated rings. The second kappa shape index (κ2) is 4.44. The second-order valence-corrected chi connectivity index (χ2v) is 7.70. The highest BCUT2D eigenvalue weighted by molar-refractivity contribution is 5.79. The maximum atomic E-state index is 12.4. The summed E-state index contributed by atoms with van der Waals surface area (Å²) in [6, 6.07) is 1.99. The number of aliphatic hydroxyl groups is 1. The van der Waals surface area contributed by atoms with Crippen molar-refractivity contribution in [1.29, 1.82) is 5.26 Å². The molecule has 1 aliphatic heterocycles. The summed E-state index contributed by atoms with van der Waals surface area (Å²) in [5.41, 5.74) is -0.500. The van der Waals surface area contributed by atoms with E-state index in [-0.39, 0.29) is 17.5 Å². The van der Waals surface area contributed by atoms with Gasteiger partial charge in [-0.1, -0.05) is 0 Å². The molecule has 4 bridgehead atoms. The Morgan fingerprint density at radius 2 is 2.29 bits per heavy atom. The second-order valence-electron chi connectivity index (χ2n) is 7.70. The lowest BCUT2D eigenvalue weighted by molar-refractivity contribution is -0.130. The Morgan fingerprint density at radius 1 is 1.43 bits per heavy atom. The maximum Gasteiger partial charge on any atom is 0.237 e. The molecule has 5 atom stereocenters. The Morgan fingerprint density at radius 3 is 3.05 bits per heavy atom. The van der Waals surface area contributed by atoms with Crippen molar-refractivity contribution in [3.63, 3.8) is 0 Å². The summed E-state index contributed by atoms with van der Waals surface area (Å²) < 4.78 is 0. The molecule has 1 amide bonds. The minimum atomic E-state index is -0.481. The molecule has 4 aliphatic carbocycles. The first-order chi connectivity index (χ1) is 10.0. The van der Waals surface area contributed by atoms with Gasteiger partial charge in [-0.15, -0.1) is 0 Å². The number of rotatable bonds is 3. The van der Waals surface area contributed by atoms with Crippen molar-refractivity contribution < 1.29 is 9.90 Å². The van der Waals surface area contributed by atoms with Crippen molar-refractivity contribution in [2.24, 2.45) is 11.8 Å². The van der Waals surface area contributed by atoms with Crippen molar-refractivity contribution in [2.75, 3.05) is 13.1 Å². The van der Waals surface area contributed by atoms with Crippen molar-refractivity contribution in [1.82, 2.24) is 10.2 Å². The number of carbonyl (C=O) groups is 1. The smallest absolute Gasteiger partial charge is 0.237 e. The molecular formula is C16H23N3O2. The largest absolute Gasteiger partial charge is 0.390 e. The summed E-state index contributed by atoms with van der Waals surface area (Å²) in [7, 11) is 0. The average Bonchev–Trinajstić information content (AvgIpc) is 3.04. The molecule has 0 radical (unpaired) electrons. The predicted octanol–water partition coefficient (Wildman–Crippen LogP) is 0.784. The van der Waals surface area contributed by atoms with Gasteiger partial charge in [-0.3, -0.25) is 4.79 Å². The monoisotopic (exact) mass is 289 g/mol. The van der Waals surface area contributed by atoms with Gasteiger partial charge in [0.15, 0.2) is 0 Å². The highest BCUT2D eigenvalue weighted by Gasteiger charge is 2.63. The molecule has 5 rings (SSSR count). The molecule has 0 aromatic heterocycles. The highest BCUT2D eigenvalue weighted by Crippen LogP contribution is 2.62. The van der Waals surface area contributed by atoms with Crippen molar-refractivity contribution in [3.05, 3.63) is 0 Å². The van der Waals surface area contributed by atoms with Gasteiger partial charge in [0, 0.05) is 12.1 Å². The number of nitrogens with zero attached hydrogens (tertiary/aromatic N) is 2. The first-order valence-electron chi connectivity index (χ1n) is 8.20. The minimum Gasteiger partial charge on any atom is -0.390 e. The van der Waals surface area contributed by atoms with Crippen molar-refractivity contribution in [3.8, 4) is 6.07 Å². The van der Waals surface area contributed by atoms with E-state index in [1.54, 1.807) is 4.90 Å². The van der Waals surface area contributed by atoms with E-state index in [0.717, 1.165) is 38.5 Å². The summed E-state index contributed by atoms with van der Waals surface area (Å²) in [5, 5.41) is 23.2. The molecule has 5 nitrogen and oxygen atoms in total. The van der Waals surface area contributed by atoms with Crippen LogP contribution in [0.1, 0.15) is 44.9 Å². The number of hydrogen-bond acceptors (Lipinski definition) is 4. The van der Waals surface area contributed by atoms with Crippen molar-refractivity contribution in [2.45, 2.75) is 62.1 Å². The molecule has 0 spiro atoms. The zero-order valence-corrected chi connectivity index (χ0v) is 12.3. The third kappa shape index (κ3) is 2.00. The fourth-order valence-corrected chi connectivity index (χ4v) is 5.69. The Labute approximate surface area is 125 Å². The number of nitrogens with one attached hydrogen (secondary N) is 1. The van der Waals surface area contributed by atoms with Crippen LogP contribution in [0.4, 0.5) is 0 Å². The van der Waals surface area contributed by atoms with E-state index in [1.165, 1.54) is 6.42 Å². The van der Waals surface area contributed by atoms with E-state index in [2.05, 4.69) is 11.4 Å². The van der Waals surface area contributed by atoms with Crippen LogP contribution in [0.3, 0.4) is 0 Å². The molecular weight excluding hydrogens is 266 g/mol. The van der Waals surface area contributed by atoms with Crippen LogP contribution in [0, 0.1) is 23.2 Å². The summed E-state index contributed by atoms with van der Waals surface area (Å²) in [4.78, 5) is 14.1. The normalized spacial score (nSPS) is 47.0. The average molecular weight is 289 g/mol. The molecule has 5 heteroatoms. The Hall–Kier alpha value is -1.12. The number of hydrogen-bond donors (Lipinski definition) is 2. The number of likely N-dealkylation sites (tertiary alicyclic amines) is 1. The van der Waals surface area contributed by atoms with Crippen LogP contribution in [0.15, 0.2) is 0 Å². The molecule has 5 aliphatic rings. The highest BCUT2D eigenvalue weighted by atomic mass is 16.3. The first-order valence-corrected chi connectivity index (χ1v) is 8.20. The zero-order valence-electron chi connectivity index (χ0n) is 12.3. The molecule has 4 unspecified atom stereocenters. The third-order valence-corrected chi connectivity index (χ3v) is 6.31. The van der Waals surface area contributed by atoms with Gasteiger partial charge >= 0.3 is 0 Å². The van der Waals surface area contributed by atoms with Gasteiger partial charge in [0.05, 0.1) is 18.2 Å². The Kier molecular flexibility index (Phi) is 2.86. The lowest BCUT2D eigenvalue weighted by atomic mass is 9.77.